The summed E-state index contributed by atoms with van der Waals surface area (Å²) in [4.78, 5) is 0. The zero-order chi connectivity index (χ0) is 16.5. The fraction of sp³-hybridized carbons (Fsp3) is 0.800. The molecule has 0 aromatic rings. The Morgan fingerprint density at radius 1 is 0.667 bits per heavy atom. The minimum absolute atomic E-state index is 0. The van der Waals surface area contributed by atoms with Crippen LogP contribution in [0.2, 0.25) is 0 Å². The maximum Gasteiger partial charge on any atom is 2.00 e. The molecule has 8 nitrogen and oxygen atoms in total. The topological polar surface area (TPSA) is 173 Å². The molecule has 0 rings (SSSR count). The van der Waals surface area contributed by atoms with Crippen LogP contribution in [0.3, 0.4) is 0 Å². The average molecular weight is 523 g/mol. The maximum absolute atomic E-state index is 7.13. The van der Waals surface area contributed by atoms with E-state index in [0.717, 1.165) is 26.2 Å². The number of thiocarbonyl (C=S) groups is 2. The monoisotopic (exact) mass is 524 g/mol. The van der Waals surface area contributed by atoms with Gasteiger partial charge < -0.3 is 44.4 Å². The molecule has 0 unspecified atom stereocenters. The molecule has 0 aliphatic rings. The largest absolute Gasteiger partial charge is 2.00 e. The first kappa shape index (κ1) is 33.0. The van der Waals surface area contributed by atoms with Gasteiger partial charge in [-0.05, 0) is 0 Å². The molecule has 0 aromatic carbocycles. The Morgan fingerprint density at radius 3 is 0.905 bits per heavy atom. The zero-order valence-corrected chi connectivity index (χ0v) is 19.5. The summed E-state index contributed by atoms with van der Waals surface area (Å²) in [5.74, 6) is 0. The van der Waals surface area contributed by atoms with Crippen molar-refractivity contribution in [3.05, 3.63) is 10.8 Å². The minimum Gasteiger partial charge on any atom is -0.753 e. The maximum atomic E-state index is 7.13. The van der Waals surface area contributed by atoms with Crippen molar-refractivity contribution in [2.45, 2.75) is 0 Å². The standard InChI is InChI=1S/2C4H13N3.2CNS.Hg/c2*5-1-3-7-4-2-6;2*2-1-3;/h2*7H,1-6H2;;;/q;;2*-1;+2. The summed E-state index contributed by atoms with van der Waals surface area (Å²) < 4.78 is 0. The number of nitrogens with two attached hydrogens (primary N) is 4. The van der Waals surface area contributed by atoms with Gasteiger partial charge in [-0.15, -0.1) is 0 Å². The predicted octanol–water partition coefficient (Wildman–Crippen LogP) is -1.70. The fourth-order valence-corrected chi connectivity index (χ4v) is 0.658. The van der Waals surface area contributed by atoms with Crippen molar-refractivity contribution in [2.75, 3.05) is 52.4 Å². The summed E-state index contributed by atoms with van der Waals surface area (Å²) in [7, 11) is 0. The van der Waals surface area contributed by atoms with Crippen LogP contribution in [-0.4, -0.2) is 62.7 Å². The van der Waals surface area contributed by atoms with E-state index in [1.54, 1.807) is 0 Å². The number of rotatable bonds is 8. The third kappa shape index (κ3) is 98.7. The Hall–Kier alpha value is 0.295. The molecule has 0 radical (unpaired) electrons. The van der Waals surface area contributed by atoms with Gasteiger partial charge in [-0.1, -0.05) is 24.4 Å². The molecule has 0 aliphatic carbocycles. The summed E-state index contributed by atoms with van der Waals surface area (Å²) >= 11 is 7.40. The van der Waals surface area contributed by atoms with Gasteiger partial charge in [0.1, 0.15) is 0 Å². The second kappa shape index (κ2) is 50.0. The van der Waals surface area contributed by atoms with E-state index in [4.69, 9.17) is 33.8 Å². The van der Waals surface area contributed by atoms with Crippen LogP contribution in [0, 0.1) is 0 Å². The van der Waals surface area contributed by atoms with Crippen LogP contribution in [-0.2, 0) is 27.7 Å². The Kier molecular flexibility index (Phi) is 78.6. The zero-order valence-electron chi connectivity index (χ0n) is 12.4. The van der Waals surface area contributed by atoms with Crippen molar-refractivity contribution in [2.24, 2.45) is 22.9 Å². The fourth-order valence-electron chi connectivity index (χ4n) is 0.658. The summed E-state index contributed by atoms with van der Waals surface area (Å²) in [6.45, 7) is 6.27. The molecule has 0 saturated heterocycles. The molecule has 0 aliphatic heterocycles. The van der Waals surface area contributed by atoms with E-state index in [9.17, 15) is 0 Å². The van der Waals surface area contributed by atoms with Gasteiger partial charge in [-0.25, -0.2) is 0 Å². The second-order valence-electron chi connectivity index (χ2n) is 2.84. The number of hydrogen-bond donors (Lipinski definition) is 6. The molecule has 0 aromatic heterocycles. The predicted molar refractivity (Wildman–Crippen MR) is 93.9 cm³/mol. The molecule has 0 atom stereocenters. The third-order valence-electron chi connectivity index (χ3n) is 1.28. The van der Waals surface area contributed by atoms with Gasteiger partial charge in [-0.2, -0.15) is 10.3 Å². The van der Waals surface area contributed by atoms with Gasteiger partial charge in [0.05, 0.1) is 0 Å². The van der Waals surface area contributed by atoms with E-state index in [-0.39, 0.29) is 27.7 Å². The van der Waals surface area contributed by atoms with Crippen LogP contribution in [0.1, 0.15) is 0 Å². The van der Waals surface area contributed by atoms with Gasteiger partial charge in [0.15, 0.2) is 0 Å². The Morgan fingerprint density at radius 2 is 0.810 bits per heavy atom. The molecule has 0 heterocycles. The van der Waals surface area contributed by atoms with E-state index >= 15 is 0 Å². The number of isothiocyanates is 2. The molecule has 21 heavy (non-hydrogen) atoms. The normalized spacial score (nSPS) is 7.05. The smallest absolute Gasteiger partial charge is 0.753 e. The molecule has 120 valence electrons. The summed E-state index contributed by atoms with van der Waals surface area (Å²) in [5, 5.41) is 23.0. The first-order chi connectivity index (χ1) is 9.66. The SMILES string of the molecule is NCCNCCN.NCCNCCN.[Hg+2].[N-]=C=S.[N-]=C=S. The molecule has 0 fully saturated rings. The van der Waals surface area contributed by atoms with Crippen LogP contribution in [0.4, 0.5) is 0 Å². The molecule has 0 bridgehead atoms. The number of nitrogens with zero attached hydrogens (tertiary/aromatic N) is 2. The molecular weight excluding hydrogens is 497 g/mol. The minimum atomic E-state index is 0. The number of nitrogens with one attached hydrogen (secondary N) is 2. The van der Waals surface area contributed by atoms with E-state index in [1.165, 1.54) is 10.3 Å². The first-order valence-corrected chi connectivity index (χ1v) is 6.72. The average Bonchev–Trinajstić information content (AvgIpc) is 2.43. The van der Waals surface area contributed by atoms with Crippen LogP contribution >= 0.6 is 24.4 Å². The van der Waals surface area contributed by atoms with E-state index in [1.807, 2.05) is 0 Å². The Labute approximate surface area is 158 Å². The van der Waals surface area contributed by atoms with Crippen LogP contribution in [0.25, 0.3) is 10.8 Å². The first-order valence-electron chi connectivity index (χ1n) is 5.90. The molecule has 0 spiro atoms. The summed E-state index contributed by atoms with van der Waals surface area (Å²) in [6.07, 6.45) is 0. The van der Waals surface area contributed by atoms with E-state index in [0.29, 0.717) is 26.2 Å². The second-order valence-corrected chi connectivity index (χ2v) is 3.20. The van der Waals surface area contributed by atoms with E-state index < -0.39 is 0 Å². The van der Waals surface area contributed by atoms with Gasteiger partial charge in [0, 0.05) is 52.4 Å². The molecular formula is C10H26HgN8S2. The van der Waals surface area contributed by atoms with Gasteiger partial charge in [0.2, 0.25) is 0 Å². The van der Waals surface area contributed by atoms with Crippen LogP contribution in [0.15, 0.2) is 0 Å². The van der Waals surface area contributed by atoms with Crippen molar-refractivity contribution < 1.29 is 27.7 Å². The van der Waals surface area contributed by atoms with Crippen LogP contribution in [0.5, 0.6) is 0 Å². The van der Waals surface area contributed by atoms with Crippen molar-refractivity contribution in [3.8, 4) is 0 Å². The van der Waals surface area contributed by atoms with Crippen molar-refractivity contribution in [3.63, 3.8) is 0 Å². The van der Waals surface area contributed by atoms with Gasteiger partial charge >= 0.3 is 27.7 Å². The van der Waals surface area contributed by atoms with Crippen LogP contribution < -0.4 is 33.6 Å². The van der Waals surface area contributed by atoms with Gasteiger partial charge in [-0.3, -0.25) is 0 Å². The Balaban J connectivity index is -0.0000000576. The molecule has 0 amide bonds. The quantitative estimate of drug-likeness (QED) is 0.0946. The summed E-state index contributed by atoms with van der Waals surface area (Å²) in [6, 6.07) is 0. The third-order valence-corrected chi connectivity index (χ3v) is 1.28. The number of hydrogen-bond acceptors (Lipinski definition) is 8. The Bertz CT molecular complexity index is 179. The van der Waals surface area contributed by atoms with E-state index in [2.05, 4.69) is 35.1 Å². The van der Waals surface area contributed by atoms with Crippen molar-refractivity contribution in [1.29, 1.82) is 0 Å². The molecule has 11 heteroatoms. The van der Waals surface area contributed by atoms with Gasteiger partial charge in [0.25, 0.3) is 0 Å². The molecule has 0 saturated carbocycles. The molecule has 10 N–H and O–H groups in total. The summed E-state index contributed by atoms with van der Waals surface area (Å²) in [5.41, 5.74) is 20.7. The van der Waals surface area contributed by atoms with Crippen molar-refractivity contribution in [1.82, 2.24) is 10.6 Å². The van der Waals surface area contributed by atoms with Crippen molar-refractivity contribution >= 4 is 34.8 Å².